The van der Waals surface area contributed by atoms with E-state index in [0.29, 0.717) is 11.6 Å². The van der Waals surface area contributed by atoms with Crippen LogP contribution in [0.25, 0.3) is 0 Å². The number of amides is 1. The highest BCUT2D eigenvalue weighted by Gasteiger charge is 2.09. The molecule has 4 nitrogen and oxygen atoms in total. The summed E-state index contributed by atoms with van der Waals surface area (Å²) >= 11 is 0. The number of ether oxygens (including phenoxy) is 1. The Hall–Kier alpha value is -1.55. The van der Waals surface area contributed by atoms with E-state index in [0.717, 1.165) is 11.3 Å². The van der Waals surface area contributed by atoms with E-state index in [9.17, 15) is 4.79 Å². The number of carbonyl (C=O) groups is 1. The van der Waals surface area contributed by atoms with E-state index in [1.165, 1.54) is 0 Å². The SMILES string of the molecule is COc1ccc(NC(=O)CO)cc1C(C)C. The van der Waals surface area contributed by atoms with Gasteiger partial charge in [0.15, 0.2) is 0 Å². The molecular weight excluding hydrogens is 206 g/mol. The van der Waals surface area contributed by atoms with E-state index in [2.05, 4.69) is 19.2 Å². The number of nitrogens with one attached hydrogen (secondary N) is 1. The third-order valence-electron chi connectivity index (χ3n) is 2.28. The molecule has 16 heavy (non-hydrogen) atoms. The van der Waals surface area contributed by atoms with E-state index < -0.39 is 12.5 Å². The predicted molar refractivity (Wildman–Crippen MR) is 62.8 cm³/mol. The molecule has 0 unspecified atom stereocenters. The maximum atomic E-state index is 11.0. The van der Waals surface area contributed by atoms with Gasteiger partial charge in [0.25, 0.3) is 0 Å². The molecule has 2 N–H and O–H groups in total. The molecule has 0 aliphatic carbocycles. The normalized spacial score (nSPS) is 10.3. The zero-order valence-corrected chi connectivity index (χ0v) is 9.78. The van der Waals surface area contributed by atoms with Gasteiger partial charge in [-0.15, -0.1) is 0 Å². The standard InChI is InChI=1S/C12H17NO3/c1-8(2)10-6-9(13-12(15)7-14)4-5-11(10)16-3/h4-6,8,14H,7H2,1-3H3,(H,13,15). The average Bonchev–Trinajstić information content (AvgIpc) is 2.28. The second-order valence-corrected chi connectivity index (χ2v) is 3.82. The van der Waals surface area contributed by atoms with Gasteiger partial charge < -0.3 is 15.2 Å². The first kappa shape index (κ1) is 12.5. The zero-order valence-electron chi connectivity index (χ0n) is 9.78. The summed E-state index contributed by atoms with van der Waals surface area (Å²) in [7, 11) is 1.62. The maximum Gasteiger partial charge on any atom is 0.250 e. The Balaban J connectivity index is 2.97. The number of aliphatic hydroxyl groups is 1. The van der Waals surface area contributed by atoms with Crippen LogP contribution in [0.1, 0.15) is 25.3 Å². The fourth-order valence-corrected chi connectivity index (χ4v) is 1.46. The van der Waals surface area contributed by atoms with Crippen molar-refractivity contribution in [3.05, 3.63) is 23.8 Å². The minimum absolute atomic E-state index is 0.306. The molecule has 0 heterocycles. The van der Waals surface area contributed by atoms with Gasteiger partial charge in [0.1, 0.15) is 12.4 Å². The Labute approximate surface area is 95.2 Å². The Bertz CT molecular complexity index is 375. The highest BCUT2D eigenvalue weighted by atomic mass is 16.5. The summed E-state index contributed by atoms with van der Waals surface area (Å²) in [6.07, 6.45) is 0. The lowest BCUT2D eigenvalue weighted by molar-refractivity contribution is -0.118. The molecule has 0 atom stereocenters. The van der Waals surface area contributed by atoms with Gasteiger partial charge in [-0.2, -0.15) is 0 Å². The lowest BCUT2D eigenvalue weighted by Gasteiger charge is -2.13. The first-order valence-corrected chi connectivity index (χ1v) is 5.17. The van der Waals surface area contributed by atoms with Gasteiger partial charge >= 0.3 is 0 Å². The topological polar surface area (TPSA) is 58.6 Å². The third kappa shape index (κ3) is 2.97. The van der Waals surface area contributed by atoms with E-state index >= 15 is 0 Å². The molecule has 0 bridgehead atoms. The van der Waals surface area contributed by atoms with Crippen LogP contribution in [0, 0.1) is 0 Å². The lowest BCUT2D eigenvalue weighted by Crippen LogP contribution is -2.15. The van der Waals surface area contributed by atoms with Crippen molar-refractivity contribution >= 4 is 11.6 Å². The number of hydrogen-bond donors (Lipinski definition) is 2. The number of hydrogen-bond acceptors (Lipinski definition) is 3. The highest BCUT2D eigenvalue weighted by molar-refractivity contribution is 5.91. The summed E-state index contributed by atoms with van der Waals surface area (Å²) < 4.78 is 5.23. The van der Waals surface area contributed by atoms with Gasteiger partial charge in [-0.05, 0) is 29.7 Å². The molecule has 0 aliphatic rings. The van der Waals surface area contributed by atoms with E-state index in [4.69, 9.17) is 9.84 Å². The van der Waals surface area contributed by atoms with Crippen LogP contribution in [0.15, 0.2) is 18.2 Å². The van der Waals surface area contributed by atoms with Crippen LogP contribution in [-0.2, 0) is 4.79 Å². The predicted octanol–water partition coefficient (Wildman–Crippen LogP) is 1.75. The molecule has 4 heteroatoms. The van der Waals surface area contributed by atoms with Gasteiger partial charge in [0.2, 0.25) is 5.91 Å². The average molecular weight is 223 g/mol. The molecule has 0 radical (unpaired) electrons. The molecule has 0 saturated heterocycles. The summed E-state index contributed by atoms with van der Waals surface area (Å²) in [4.78, 5) is 11.0. The number of benzene rings is 1. The van der Waals surface area contributed by atoms with Gasteiger partial charge in [0.05, 0.1) is 7.11 Å². The number of rotatable bonds is 4. The third-order valence-corrected chi connectivity index (χ3v) is 2.28. The Kier molecular flexibility index (Phi) is 4.31. The van der Waals surface area contributed by atoms with E-state index in [1.807, 2.05) is 12.1 Å². The summed E-state index contributed by atoms with van der Waals surface area (Å²) in [6, 6.07) is 5.41. The first-order chi connectivity index (χ1) is 7.58. The number of anilines is 1. The summed E-state index contributed by atoms with van der Waals surface area (Å²) in [5.74, 6) is 0.692. The fourth-order valence-electron chi connectivity index (χ4n) is 1.46. The van der Waals surface area contributed by atoms with Gasteiger partial charge in [-0.3, -0.25) is 4.79 Å². The van der Waals surface area contributed by atoms with Crippen molar-refractivity contribution in [1.29, 1.82) is 0 Å². The highest BCUT2D eigenvalue weighted by Crippen LogP contribution is 2.29. The fraction of sp³-hybridized carbons (Fsp3) is 0.417. The van der Waals surface area contributed by atoms with Gasteiger partial charge in [-0.1, -0.05) is 13.8 Å². The second kappa shape index (κ2) is 5.51. The molecule has 0 fully saturated rings. The van der Waals surface area contributed by atoms with Crippen molar-refractivity contribution < 1.29 is 14.6 Å². The van der Waals surface area contributed by atoms with E-state index in [-0.39, 0.29) is 0 Å². The minimum Gasteiger partial charge on any atom is -0.496 e. The van der Waals surface area contributed by atoms with Crippen LogP contribution in [0.2, 0.25) is 0 Å². The van der Waals surface area contributed by atoms with Crippen molar-refractivity contribution in [2.24, 2.45) is 0 Å². The number of aliphatic hydroxyl groups excluding tert-OH is 1. The molecule has 0 aromatic heterocycles. The lowest BCUT2D eigenvalue weighted by atomic mass is 10.0. The molecule has 88 valence electrons. The first-order valence-electron chi connectivity index (χ1n) is 5.17. The molecule has 0 saturated carbocycles. The van der Waals surface area contributed by atoms with Gasteiger partial charge in [0, 0.05) is 5.69 Å². The molecule has 0 aliphatic heterocycles. The molecule has 0 spiro atoms. The minimum atomic E-state index is -0.511. The quantitative estimate of drug-likeness (QED) is 0.817. The number of carbonyl (C=O) groups excluding carboxylic acids is 1. The van der Waals surface area contributed by atoms with Crippen LogP contribution in [0.4, 0.5) is 5.69 Å². The van der Waals surface area contributed by atoms with Crippen LogP contribution >= 0.6 is 0 Å². The monoisotopic (exact) mass is 223 g/mol. The smallest absolute Gasteiger partial charge is 0.250 e. The molecule has 1 aromatic carbocycles. The van der Waals surface area contributed by atoms with Crippen molar-refractivity contribution in [3.8, 4) is 5.75 Å². The van der Waals surface area contributed by atoms with Crippen LogP contribution in [-0.4, -0.2) is 24.7 Å². The van der Waals surface area contributed by atoms with Gasteiger partial charge in [-0.25, -0.2) is 0 Å². The largest absolute Gasteiger partial charge is 0.496 e. The zero-order chi connectivity index (χ0) is 12.1. The molecule has 1 rings (SSSR count). The Morgan fingerprint density at radius 2 is 2.19 bits per heavy atom. The van der Waals surface area contributed by atoms with Crippen molar-refractivity contribution in [2.45, 2.75) is 19.8 Å². The van der Waals surface area contributed by atoms with Crippen LogP contribution < -0.4 is 10.1 Å². The Morgan fingerprint density at radius 3 is 2.69 bits per heavy atom. The Morgan fingerprint density at radius 1 is 1.50 bits per heavy atom. The maximum absolute atomic E-state index is 11.0. The van der Waals surface area contributed by atoms with Crippen LogP contribution in [0.5, 0.6) is 5.75 Å². The molecular formula is C12H17NO3. The van der Waals surface area contributed by atoms with Crippen LogP contribution in [0.3, 0.4) is 0 Å². The van der Waals surface area contributed by atoms with E-state index in [1.54, 1.807) is 13.2 Å². The summed E-state index contributed by atoms with van der Waals surface area (Å²) in [5.41, 5.74) is 1.70. The molecule has 1 aromatic rings. The van der Waals surface area contributed by atoms with Crippen molar-refractivity contribution in [1.82, 2.24) is 0 Å². The summed E-state index contributed by atoms with van der Waals surface area (Å²) in [6.45, 7) is 3.59. The van der Waals surface area contributed by atoms with Crippen molar-refractivity contribution in [3.63, 3.8) is 0 Å². The second-order valence-electron chi connectivity index (χ2n) is 3.82. The summed E-state index contributed by atoms with van der Waals surface area (Å²) in [5, 5.41) is 11.2. The number of methoxy groups -OCH3 is 1. The van der Waals surface area contributed by atoms with Crippen molar-refractivity contribution in [2.75, 3.05) is 19.0 Å². The molecule has 1 amide bonds.